The number of H-pyrrole nitrogens is 1. The number of aromatic nitrogens is 3. The molecule has 5 nitrogen and oxygen atoms in total. The molecular weight excluding hydrogens is 321 g/mol. The summed E-state index contributed by atoms with van der Waals surface area (Å²) in [6.07, 6.45) is -0.184. The molecule has 0 unspecified atom stereocenters. The Balaban J connectivity index is 2.24. The predicted octanol–water partition coefficient (Wildman–Crippen LogP) is 3.58. The molecule has 2 heterocycles. The molecule has 1 N–H and O–H groups in total. The highest BCUT2D eigenvalue weighted by Crippen LogP contribution is 2.25. The first kappa shape index (κ1) is 15.6. The molecular formula is C16H15ClFN3O2. The van der Waals surface area contributed by atoms with Crippen molar-refractivity contribution in [2.24, 2.45) is 0 Å². The SMILES string of the molecule is Cc1nc2c(F)c(-c3ccc(Cl)cc3)[nH]n2c(=O)c1OC(C)C. The lowest BCUT2D eigenvalue weighted by atomic mass is 10.1. The molecule has 3 aromatic rings. The molecule has 0 spiro atoms. The molecule has 0 fully saturated rings. The third-order valence-electron chi connectivity index (χ3n) is 3.34. The first-order valence-electron chi connectivity index (χ1n) is 7.12. The van der Waals surface area contributed by atoms with Gasteiger partial charge in [0.15, 0.2) is 11.5 Å². The van der Waals surface area contributed by atoms with Gasteiger partial charge in [-0.2, -0.15) is 4.52 Å². The third kappa shape index (κ3) is 2.70. The van der Waals surface area contributed by atoms with Gasteiger partial charge in [0, 0.05) is 10.6 Å². The Labute approximate surface area is 136 Å². The van der Waals surface area contributed by atoms with Crippen molar-refractivity contribution in [1.29, 1.82) is 0 Å². The summed E-state index contributed by atoms with van der Waals surface area (Å²) >= 11 is 5.84. The molecule has 0 saturated heterocycles. The van der Waals surface area contributed by atoms with E-state index < -0.39 is 11.4 Å². The Morgan fingerprint density at radius 2 is 1.96 bits per heavy atom. The monoisotopic (exact) mass is 335 g/mol. The third-order valence-corrected chi connectivity index (χ3v) is 3.59. The Bertz CT molecular complexity index is 929. The van der Waals surface area contributed by atoms with E-state index in [2.05, 4.69) is 10.1 Å². The Hall–Kier alpha value is -2.34. The number of hydrogen-bond acceptors (Lipinski definition) is 3. The van der Waals surface area contributed by atoms with Crippen LogP contribution in [0.5, 0.6) is 5.75 Å². The van der Waals surface area contributed by atoms with Crippen LogP contribution in [0, 0.1) is 12.7 Å². The molecule has 120 valence electrons. The summed E-state index contributed by atoms with van der Waals surface area (Å²) in [4.78, 5) is 16.7. The van der Waals surface area contributed by atoms with Crippen LogP contribution in [0.1, 0.15) is 19.5 Å². The van der Waals surface area contributed by atoms with Gasteiger partial charge in [-0.1, -0.05) is 23.7 Å². The van der Waals surface area contributed by atoms with Gasteiger partial charge in [0.05, 0.1) is 11.8 Å². The smallest absolute Gasteiger partial charge is 0.315 e. The number of rotatable bonds is 3. The topological polar surface area (TPSA) is 59.4 Å². The number of nitrogens with zero attached hydrogens (tertiary/aromatic N) is 2. The van der Waals surface area contributed by atoms with Crippen molar-refractivity contribution in [3.05, 3.63) is 51.2 Å². The lowest BCUT2D eigenvalue weighted by molar-refractivity contribution is 0.235. The van der Waals surface area contributed by atoms with Crippen LogP contribution in [0.4, 0.5) is 4.39 Å². The normalized spacial score (nSPS) is 11.4. The second-order valence-corrected chi connectivity index (χ2v) is 5.90. The number of nitrogens with one attached hydrogen (secondary N) is 1. The fraction of sp³-hybridized carbons (Fsp3) is 0.250. The van der Waals surface area contributed by atoms with Crippen LogP contribution < -0.4 is 10.3 Å². The second-order valence-electron chi connectivity index (χ2n) is 5.46. The summed E-state index contributed by atoms with van der Waals surface area (Å²) in [7, 11) is 0. The molecule has 0 aliphatic heterocycles. The predicted molar refractivity (Wildman–Crippen MR) is 86.7 cm³/mol. The van der Waals surface area contributed by atoms with Crippen molar-refractivity contribution >= 4 is 17.2 Å². The highest BCUT2D eigenvalue weighted by atomic mass is 35.5. The molecule has 0 saturated carbocycles. The number of fused-ring (bicyclic) bond motifs is 1. The first-order valence-corrected chi connectivity index (χ1v) is 7.49. The van der Waals surface area contributed by atoms with Gasteiger partial charge < -0.3 is 4.74 Å². The molecule has 7 heteroatoms. The quantitative estimate of drug-likeness (QED) is 0.796. The van der Waals surface area contributed by atoms with E-state index in [1.54, 1.807) is 31.2 Å². The molecule has 2 aromatic heterocycles. The molecule has 0 atom stereocenters. The van der Waals surface area contributed by atoms with E-state index in [1.807, 2.05) is 13.8 Å². The van der Waals surface area contributed by atoms with E-state index in [4.69, 9.17) is 16.3 Å². The molecule has 3 rings (SSSR count). The standard InChI is InChI=1S/C16H15ClFN3O2/c1-8(2)23-14-9(3)19-15-12(18)13(20-21(15)16(14)22)10-4-6-11(17)7-5-10/h4-8,20H,1-3H3. The first-order chi connectivity index (χ1) is 10.9. The number of aromatic amines is 1. The van der Waals surface area contributed by atoms with Gasteiger partial charge in [0.1, 0.15) is 5.69 Å². The zero-order chi connectivity index (χ0) is 16.7. The zero-order valence-electron chi connectivity index (χ0n) is 12.9. The highest BCUT2D eigenvalue weighted by molar-refractivity contribution is 6.30. The average Bonchev–Trinajstić information content (AvgIpc) is 2.82. The van der Waals surface area contributed by atoms with E-state index in [1.165, 1.54) is 0 Å². The van der Waals surface area contributed by atoms with Crippen molar-refractivity contribution in [3.63, 3.8) is 0 Å². The molecule has 0 aliphatic rings. The van der Waals surface area contributed by atoms with Gasteiger partial charge in [-0.05, 0) is 32.9 Å². The molecule has 1 aromatic carbocycles. The fourth-order valence-electron chi connectivity index (χ4n) is 2.31. The minimum atomic E-state index is -0.594. The summed E-state index contributed by atoms with van der Waals surface area (Å²) in [5.41, 5.74) is 0.561. The summed E-state index contributed by atoms with van der Waals surface area (Å²) in [6.45, 7) is 5.23. The summed E-state index contributed by atoms with van der Waals surface area (Å²) in [5, 5.41) is 3.30. The Morgan fingerprint density at radius 3 is 2.57 bits per heavy atom. The zero-order valence-corrected chi connectivity index (χ0v) is 13.6. The van der Waals surface area contributed by atoms with Crippen LogP contribution in [0.2, 0.25) is 5.02 Å². The number of benzene rings is 1. The van der Waals surface area contributed by atoms with Crippen molar-refractivity contribution in [2.75, 3.05) is 0 Å². The van der Waals surface area contributed by atoms with E-state index in [9.17, 15) is 9.18 Å². The number of halogens is 2. The molecule has 0 radical (unpaired) electrons. The van der Waals surface area contributed by atoms with Crippen molar-refractivity contribution in [3.8, 4) is 17.0 Å². The van der Waals surface area contributed by atoms with Crippen molar-refractivity contribution < 1.29 is 9.13 Å². The van der Waals surface area contributed by atoms with Crippen molar-refractivity contribution in [2.45, 2.75) is 26.9 Å². The number of hydrogen-bond donors (Lipinski definition) is 1. The van der Waals surface area contributed by atoms with Gasteiger partial charge in [0.2, 0.25) is 5.75 Å². The lowest BCUT2D eigenvalue weighted by Gasteiger charge is -2.10. The molecule has 0 bridgehead atoms. The number of aryl methyl sites for hydroxylation is 1. The Morgan fingerprint density at radius 1 is 1.30 bits per heavy atom. The average molecular weight is 336 g/mol. The lowest BCUT2D eigenvalue weighted by Crippen LogP contribution is -2.22. The van der Waals surface area contributed by atoms with Gasteiger partial charge >= 0.3 is 5.56 Å². The molecule has 0 amide bonds. The van der Waals surface area contributed by atoms with Crippen LogP contribution >= 0.6 is 11.6 Å². The minimum absolute atomic E-state index is 0.0615. The van der Waals surface area contributed by atoms with E-state index in [0.29, 0.717) is 16.3 Å². The van der Waals surface area contributed by atoms with Gasteiger partial charge in [-0.3, -0.25) is 9.89 Å². The largest absolute Gasteiger partial charge is 0.484 e. The molecule has 0 aliphatic carbocycles. The van der Waals surface area contributed by atoms with Crippen molar-refractivity contribution in [1.82, 2.24) is 14.6 Å². The fourth-order valence-corrected chi connectivity index (χ4v) is 2.44. The van der Waals surface area contributed by atoms with Gasteiger partial charge in [0.25, 0.3) is 0 Å². The van der Waals surface area contributed by atoms with Gasteiger partial charge in [-0.15, -0.1) is 0 Å². The summed E-state index contributed by atoms with van der Waals surface area (Å²) < 4.78 is 21.2. The van der Waals surface area contributed by atoms with E-state index >= 15 is 0 Å². The maximum absolute atomic E-state index is 14.6. The maximum atomic E-state index is 14.6. The van der Waals surface area contributed by atoms with Crippen LogP contribution in [0.15, 0.2) is 29.1 Å². The van der Waals surface area contributed by atoms with E-state index in [0.717, 1.165) is 4.52 Å². The van der Waals surface area contributed by atoms with Crippen LogP contribution in [0.25, 0.3) is 16.9 Å². The highest BCUT2D eigenvalue weighted by Gasteiger charge is 2.20. The molecule has 23 heavy (non-hydrogen) atoms. The van der Waals surface area contributed by atoms with Gasteiger partial charge in [-0.25, -0.2) is 9.37 Å². The Kier molecular flexibility index (Phi) is 3.85. The van der Waals surface area contributed by atoms with Crippen LogP contribution in [-0.2, 0) is 0 Å². The maximum Gasteiger partial charge on any atom is 0.315 e. The summed E-state index contributed by atoms with van der Waals surface area (Å²) in [5.74, 6) is -0.481. The second kappa shape index (κ2) is 5.70. The summed E-state index contributed by atoms with van der Waals surface area (Å²) in [6, 6.07) is 6.63. The van der Waals surface area contributed by atoms with Crippen LogP contribution in [-0.4, -0.2) is 20.7 Å². The van der Waals surface area contributed by atoms with Crippen LogP contribution in [0.3, 0.4) is 0 Å². The number of ether oxygens (including phenoxy) is 1. The van der Waals surface area contributed by atoms with E-state index in [-0.39, 0.29) is 23.2 Å². The minimum Gasteiger partial charge on any atom is -0.484 e.